The van der Waals surface area contributed by atoms with Gasteiger partial charge in [0.2, 0.25) is 5.91 Å². The molecule has 5 nitrogen and oxygen atoms in total. The maximum atomic E-state index is 13.4. The van der Waals surface area contributed by atoms with Gasteiger partial charge in [0.15, 0.2) is 14.6 Å². The molecule has 27 heavy (non-hydrogen) atoms. The Morgan fingerprint density at radius 3 is 2.41 bits per heavy atom. The van der Waals surface area contributed by atoms with Gasteiger partial charge in [0.25, 0.3) is 0 Å². The van der Waals surface area contributed by atoms with Crippen molar-refractivity contribution >= 4 is 27.3 Å². The fourth-order valence-corrected chi connectivity index (χ4v) is 5.94. The number of carbonyl (C=O) groups is 1. The molecule has 1 saturated carbocycles. The molecule has 0 spiro atoms. The van der Waals surface area contributed by atoms with Crippen LogP contribution in [0, 0.1) is 0 Å². The van der Waals surface area contributed by atoms with E-state index in [0.29, 0.717) is 30.8 Å². The van der Waals surface area contributed by atoms with E-state index in [-0.39, 0.29) is 10.8 Å². The van der Waals surface area contributed by atoms with Crippen LogP contribution < -0.4 is 0 Å². The number of hydrogen-bond acceptors (Lipinski definition) is 4. The number of sulfone groups is 1. The first-order chi connectivity index (χ1) is 12.9. The minimum atomic E-state index is -3.81. The first kappa shape index (κ1) is 19.8. The predicted octanol–water partition coefficient (Wildman–Crippen LogP) is 3.52. The molecule has 0 bridgehead atoms. The lowest BCUT2D eigenvalue weighted by atomic mass is 10.1. The number of amides is 1. The van der Waals surface area contributed by atoms with Crippen LogP contribution in [-0.4, -0.2) is 42.5 Å². The van der Waals surface area contributed by atoms with Gasteiger partial charge < -0.3 is 4.90 Å². The highest BCUT2D eigenvalue weighted by molar-refractivity contribution is 7.93. The fourth-order valence-electron chi connectivity index (χ4n) is 3.66. The van der Waals surface area contributed by atoms with Crippen molar-refractivity contribution in [2.45, 2.75) is 41.7 Å². The Hall–Kier alpha value is -1.92. The van der Waals surface area contributed by atoms with E-state index in [1.54, 1.807) is 25.4 Å². The summed E-state index contributed by atoms with van der Waals surface area (Å²) in [6.07, 6.45) is 4.45. The third kappa shape index (κ3) is 3.87. The number of hydrogen-bond donors (Lipinski definition) is 0. The van der Waals surface area contributed by atoms with Crippen LogP contribution >= 0.6 is 11.6 Å². The van der Waals surface area contributed by atoms with Gasteiger partial charge in [0, 0.05) is 36.9 Å². The lowest BCUT2D eigenvalue weighted by Gasteiger charge is -2.32. The fraction of sp³-hybridized carbons (Fsp3) is 0.400. The molecule has 0 aliphatic heterocycles. The van der Waals surface area contributed by atoms with E-state index in [9.17, 15) is 13.2 Å². The Kier molecular flexibility index (Phi) is 5.86. The minimum absolute atomic E-state index is 0.153. The number of carbonyl (C=O) groups excluding carboxylic acids is 1. The Bertz CT molecular complexity index is 893. The normalized spacial score (nSPS) is 16.2. The van der Waals surface area contributed by atoms with Gasteiger partial charge in [-0.25, -0.2) is 8.42 Å². The Morgan fingerprint density at radius 1 is 1.15 bits per heavy atom. The van der Waals surface area contributed by atoms with Gasteiger partial charge in [0.1, 0.15) is 0 Å². The molecule has 0 N–H and O–H groups in total. The summed E-state index contributed by atoms with van der Waals surface area (Å²) in [5.41, 5.74) is 0.873. The summed E-state index contributed by atoms with van der Waals surface area (Å²) in [6.45, 7) is 0.424. The number of nitrogens with zero attached hydrogens (tertiary/aromatic N) is 2. The molecule has 1 fully saturated rings. The standard InChI is InChI=1S/C20H23ClN2O3S/c1-23(15-11-17-6-2-5-14-22-17)19(24)20(12-3-4-13-20)27(25,26)18-9-7-16(21)8-10-18/h2,5-10,14H,3-4,11-13,15H2,1H3. The lowest BCUT2D eigenvalue weighted by molar-refractivity contribution is -0.132. The van der Waals surface area contributed by atoms with Crippen LogP contribution in [0.2, 0.25) is 5.02 Å². The Balaban J connectivity index is 1.85. The van der Waals surface area contributed by atoms with Crippen LogP contribution in [-0.2, 0) is 21.1 Å². The molecule has 1 heterocycles. The van der Waals surface area contributed by atoms with E-state index in [0.717, 1.165) is 18.5 Å². The topological polar surface area (TPSA) is 67.3 Å². The molecule has 1 aromatic heterocycles. The molecule has 7 heteroatoms. The molecule has 144 valence electrons. The van der Waals surface area contributed by atoms with E-state index in [1.165, 1.54) is 17.0 Å². The first-order valence-electron chi connectivity index (χ1n) is 9.02. The van der Waals surface area contributed by atoms with Crippen LogP contribution in [0.5, 0.6) is 0 Å². The van der Waals surface area contributed by atoms with E-state index in [4.69, 9.17) is 11.6 Å². The summed E-state index contributed by atoms with van der Waals surface area (Å²) in [7, 11) is -2.14. The van der Waals surface area contributed by atoms with E-state index < -0.39 is 14.6 Å². The third-order valence-corrected chi connectivity index (χ3v) is 7.97. The molecule has 3 rings (SSSR count). The zero-order chi connectivity index (χ0) is 19.5. The second-order valence-corrected chi connectivity index (χ2v) is 9.65. The summed E-state index contributed by atoms with van der Waals surface area (Å²) in [5.74, 6) is -0.328. The molecule has 0 unspecified atom stereocenters. The van der Waals surface area contributed by atoms with Gasteiger partial charge in [0.05, 0.1) is 4.90 Å². The predicted molar refractivity (Wildman–Crippen MR) is 105 cm³/mol. The second-order valence-electron chi connectivity index (χ2n) is 6.96. The van der Waals surface area contributed by atoms with E-state index in [1.807, 2.05) is 18.2 Å². The zero-order valence-electron chi connectivity index (χ0n) is 15.3. The van der Waals surface area contributed by atoms with Crippen molar-refractivity contribution in [3.05, 3.63) is 59.4 Å². The monoisotopic (exact) mass is 406 g/mol. The van der Waals surface area contributed by atoms with Gasteiger partial charge >= 0.3 is 0 Å². The maximum absolute atomic E-state index is 13.4. The smallest absolute Gasteiger partial charge is 0.244 e. The van der Waals surface area contributed by atoms with Gasteiger partial charge in [-0.3, -0.25) is 9.78 Å². The average molecular weight is 407 g/mol. The second kappa shape index (κ2) is 7.98. The highest BCUT2D eigenvalue weighted by Gasteiger charge is 2.53. The van der Waals surface area contributed by atoms with Crippen LogP contribution in [0.3, 0.4) is 0 Å². The number of pyridine rings is 1. The largest absolute Gasteiger partial charge is 0.344 e. The average Bonchev–Trinajstić information content (AvgIpc) is 3.18. The summed E-state index contributed by atoms with van der Waals surface area (Å²) >= 11 is 5.89. The summed E-state index contributed by atoms with van der Waals surface area (Å²) < 4.78 is 25.4. The Labute approximate surface area is 165 Å². The third-order valence-electron chi connectivity index (χ3n) is 5.22. The zero-order valence-corrected chi connectivity index (χ0v) is 16.8. The number of halogens is 1. The van der Waals surface area contributed by atoms with E-state index in [2.05, 4.69) is 4.98 Å². The number of rotatable bonds is 6. The lowest BCUT2D eigenvalue weighted by Crippen LogP contribution is -2.51. The molecule has 2 aromatic rings. The van der Waals surface area contributed by atoms with Crippen molar-refractivity contribution in [2.24, 2.45) is 0 Å². The number of benzene rings is 1. The van der Waals surface area contributed by atoms with Crippen molar-refractivity contribution in [3.63, 3.8) is 0 Å². The van der Waals surface area contributed by atoms with Crippen LogP contribution in [0.4, 0.5) is 0 Å². The molecule has 0 radical (unpaired) electrons. The first-order valence-corrected chi connectivity index (χ1v) is 10.9. The van der Waals surface area contributed by atoms with Crippen LogP contribution in [0.25, 0.3) is 0 Å². The van der Waals surface area contributed by atoms with Crippen LogP contribution in [0.1, 0.15) is 31.4 Å². The molecule has 1 aliphatic carbocycles. The highest BCUT2D eigenvalue weighted by atomic mass is 35.5. The minimum Gasteiger partial charge on any atom is -0.344 e. The summed E-state index contributed by atoms with van der Waals surface area (Å²) in [5, 5.41) is 0.466. The molecule has 1 aliphatic rings. The van der Waals surface area contributed by atoms with Gasteiger partial charge in [-0.1, -0.05) is 30.5 Å². The van der Waals surface area contributed by atoms with Gasteiger partial charge in [-0.15, -0.1) is 0 Å². The van der Waals surface area contributed by atoms with Gasteiger partial charge in [-0.2, -0.15) is 0 Å². The molecule has 1 amide bonds. The molecule has 0 atom stereocenters. The van der Waals surface area contributed by atoms with Crippen molar-refractivity contribution < 1.29 is 13.2 Å². The van der Waals surface area contributed by atoms with Crippen LogP contribution in [0.15, 0.2) is 53.6 Å². The van der Waals surface area contributed by atoms with Crippen molar-refractivity contribution in [1.29, 1.82) is 0 Å². The molecular formula is C20H23ClN2O3S. The van der Waals surface area contributed by atoms with Crippen molar-refractivity contribution in [1.82, 2.24) is 9.88 Å². The number of likely N-dealkylation sites (N-methyl/N-ethyl adjacent to an activating group) is 1. The number of aromatic nitrogens is 1. The molecular weight excluding hydrogens is 384 g/mol. The van der Waals surface area contributed by atoms with Gasteiger partial charge in [-0.05, 0) is 49.2 Å². The maximum Gasteiger partial charge on any atom is 0.244 e. The quantitative estimate of drug-likeness (QED) is 0.736. The van der Waals surface area contributed by atoms with Crippen molar-refractivity contribution in [2.75, 3.05) is 13.6 Å². The van der Waals surface area contributed by atoms with E-state index >= 15 is 0 Å². The SMILES string of the molecule is CN(CCc1ccccn1)C(=O)C1(S(=O)(=O)c2ccc(Cl)cc2)CCCC1. The molecule has 1 aromatic carbocycles. The van der Waals surface area contributed by atoms with Crippen molar-refractivity contribution in [3.8, 4) is 0 Å². The Morgan fingerprint density at radius 2 is 1.81 bits per heavy atom. The molecule has 0 saturated heterocycles. The summed E-state index contributed by atoms with van der Waals surface area (Å²) in [6, 6.07) is 11.7. The highest BCUT2D eigenvalue weighted by Crippen LogP contribution is 2.42. The summed E-state index contributed by atoms with van der Waals surface area (Å²) in [4.78, 5) is 19.2.